The van der Waals surface area contributed by atoms with Crippen molar-refractivity contribution in [2.75, 3.05) is 17.2 Å². The van der Waals surface area contributed by atoms with Gasteiger partial charge < -0.3 is 10.6 Å². The van der Waals surface area contributed by atoms with Crippen molar-refractivity contribution in [2.24, 2.45) is 0 Å². The first-order valence-electron chi connectivity index (χ1n) is 10.5. The van der Waals surface area contributed by atoms with E-state index in [1.165, 1.54) is 12.8 Å². The lowest BCUT2D eigenvalue weighted by atomic mass is 9.97. The van der Waals surface area contributed by atoms with Gasteiger partial charge in [0.1, 0.15) is 5.82 Å². The van der Waals surface area contributed by atoms with Crippen molar-refractivity contribution in [3.63, 3.8) is 0 Å². The van der Waals surface area contributed by atoms with Gasteiger partial charge in [0.15, 0.2) is 11.5 Å². The Bertz CT molecular complexity index is 1080. The van der Waals surface area contributed by atoms with Crippen LogP contribution in [-0.4, -0.2) is 59.9 Å². The molecule has 5 rings (SSSR count). The van der Waals surface area contributed by atoms with E-state index in [9.17, 15) is 0 Å². The molecule has 0 aromatic carbocycles. The van der Waals surface area contributed by atoms with Crippen LogP contribution in [0.5, 0.6) is 0 Å². The molecule has 0 spiro atoms. The lowest BCUT2D eigenvalue weighted by Crippen LogP contribution is -2.47. The molecule has 2 saturated heterocycles. The van der Waals surface area contributed by atoms with Gasteiger partial charge in [0.05, 0.1) is 17.1 Å². The predicted octanol–water partition coefficient (Wildman–Crippen LogP) is 2.76. The lowest BCUT2D eigenvalue weighted by Gasteiger charge is -2.39. The van der Waals surface area contributed by atoms with E-state index in [-0.39, 0.29) is 0 Å². The van der Waals surface area contributed by atoms with Crippen LogP contribution in [-0.2, 0) is 0 Å². The van der Waals surface area contributed by atoms with E-state index in [1.54, 1.807) is 0 Å². The van der Waals surface area contributed by atoms with Crippen LogP contribution in [0.1, 0.15) is 43.5 Å². The fraction of sp³-hybridized carbons (Fsp3) is 0.550. The van der Waals surface area contributed by atoms with Gasteiger partial charge in [-0.15, -0.1) is 0 Å². The van der Waals surface area contributed by atoms with Crippen LogP contribution in [0, 0.1) is 25.2 Å². The first kappa shape index (κ1) is 18.8. The smallest absolute Gasteiger partial charge is 0.232 e. The maximum absolute atomic E-state index is 8.95. The number of anilines is 3. The Hall–Kier alpha value is -3.19. The molecule has 10 nitrogen and oxygen atoms in total. The maximum atomic E-state index is 8.95. The fourth-order valence-corrected chi connectivity index (χ4v) is 4.96. The van der Waals surface area contributed by atoms with Crippen LogP contribution >= 0.6 is 0 Å². The summed E-state index contributed by atoms with van der Waals surface area (Å²) in [4.78, 5) is 11.9. The molecule has 5 heterocycles. The number of piperidine rings is 1. The second-order valence-corrected chi connectivity index (χ2v) is 8.33. The first-order chi connectivity index (χ1) is 14.6. The van der Waals surface area contributed by atoms with Crippen LogP contribution in [0.15, 0.2) is 6.07 Å². The average molecular weight is 406 g/mol. The van der Waals surface area contributed by atoms with Gasteiger partial charge in [-0.1, -0.05) is 0 Å². The molecule has 2 aliphatic heterocycles. The SMILES string of the molecule is Cc1cc(Nc2nc(NC3CC4CCC(C3)N4CCC#N)c3c(C)n[nH]c3n2)n[nH]1. The number of nitriles is 1. The third kappa shape index (κ3) is 3.45. The predicted molar refractivity (Wildman–Crippen MR) is 113 cm³/mol. The molecule has 0 radical (unpaired) electrons. The molecule has 0 amide bonds. The Morgan fingerprint density at radius 1 is 1.17 bits per heavy atom. The standard InChI is InChI=1S/C20H26N10/c1-11-8-16(28-26-11)23-20-24-18(17-12(2)27-29-19(17)25-20)22-13-9-14-4-5-15(10-13)30(14)7-3-6-21/h8,13-15H,3-5,7,9-10H2,1-2H3,(H4,22,23,24,25,26,27,28,29). The van der Waals surface area contributed by atoms with E-state index in [1.807, 2.05) is 19.9 Å². The summed E-state index contributed by atoms with van der Waals surface area (Å²) in [6.07, 6.45) is 5.15. The summed E-state index contributed by atoms with van der Waals surface area (Å²) >= 11 is 0. The summed E-state index contributed by atoms with van der Waals surface area (Å²) in [5.74, 6) is 1.96. The molecule has 2 atom stereocenters. The Morgan fingerprint density at radius 3 is 2.67 bits per heavy atom. The molecule has 2 unspecified atom stereocenters. The number of aryl methyl sites for hydroxylation is 2. The normalized spacial score (nSPS) is 23.6. The van der Waals surface area contributed by atoms with Crippen LogP contribution in [0.2, 0.25) is 0 Å². The number of nitrogens with zero attached hydrogens (tertiary/aromatic N) is 6. The summed E-state index contributed by atoms with van der Waals surface area (Å²) in [5.41, 5.74) is 2.55. The fourth-order valence-electron chi connectivity index (χ4n) is 4.96. The Labute approximate surface area is 174 Å². The van der Waals surface area contributed by atoms with E-state index >= 15 is 0 Å². The van der Waals surface area contributed by atoms with Crippen molar-refractivity contribution in [3.05, 3.63) is 17.5 Å². The molecule has 2 fully saturated rings. The Balaban J connectivity index is 1.39. The number of fused-ring (bicyclic) bond motifs is 3. The van der Waals surface area contributed by atoms with E-state index in [2.05, 4.69) is 47.0 Å². The molecule has 3 aromatic heterocycles. The highest BCUT2D eigenvalue weighted by Gasteiger charge is 2.40. The second kappa shape index (κ2) is 7.57. The van der Waals surface area contributed by atoms with Crippen molar-refractivity contribution in [3.8, 4) is 6.07 Å². The molecule has 0 saturated carbocycles. The minimum atomic E-state index is 0.341. The van der Waals surface area contributed by atoms with Crippen LogP contribution in [0.25, 0.3) is 11.0 Å². The summed E-state index contributed by atoms with van der Waals surface area (Å²) in [7, 11) is 0. The zero-order chi connectivity index (χ0) is 20.7. The molecule has 0 aliphatic carbocycles. The Morgan fingerprint density at radius 2 is 1.97 bits per heavy atom. The van der Waals surface area contributed by atoms with Gasteiger partial charge in [-0.25, -0.2) is 0 Å². The number of aromatic nitrogens is 6. The van der Waals surface area contributed by atoms with Crippen molar-refractivity contribution in [1.82, 2.24) is 35.3 Å². The molecule has 4 N–H and O–H groups in total. The van der Waals surface area contributed by atoms with Gasteiger partial charge in [-0.05, 0) is 39.5 Å². The summed E-state index contributed by atoms with van der Waals surface area (Å²) < 4.78 is 0. The van der Waals surface area contributed by atoms with Crippen molar-refractivity contribution >= 4 is 28.6 Å². The zero-order valence-corrected chi connectivity index (χ0v) is 17.2. The maximum Gasteiger partial charge on any atom is 0.232 e. The molecule has 3 aromatic rings. The van der Waals surface area contributed by atoms with Crippen LogP contribution in [0.3, 0.4) is 0 Å². The van der Waals surface area contributed by atoms with Crippen LogP contribution < -0.4 is 10.6 Å². The average Bonchev–Trinajstić information content (AvgIpc) is 3.36. The molecule has 30 heavy (non-hydrogen) atoms. The van der Waals surface area contributed by atoms with Crippen molar-refractivity contribution in [1.29, 1.82) is 5.26 Å². The topological polar surface area (TPSA) is 134 Å². The Kier molecular flexibility index (Phi) is 4.75. The highest BCUT2D eigenvalue weighted by Crippen LogP contribution is 2.37. The minimum absolute atomic E-state index is 0.341. The quantitative estimate of drug-likeness (QED) is 0.491. The summed E-state index contributed by atoms with van der Waals surface area (Å²) in [6.45, 7) is 4.80. The highest BCUT2D eigenvalue weighted by atomic mass is 15.3. The van der Waals surface area contributed by atoms with Crippen molar-refractivity contribution in [2.45, 2.75) is 64.1 Å². The summed E-state index contributed by atoms with van der Waals surface area (Å²) in [5, 5.41) is 31.2. The van der Waals surface area contributed by atoms with Gasteiger partial charge >= 0.3 is 0 Å². The third-order valence-electron chi connectivity index (χ3n) is 6.25. The van der Waals surface area contributed by atoms with E-state index in [4.69, 9.17) is 10.2 Å². The molecular weight excluding hydrogens is 380 g/mol. The lowest BCUT2D eigenvalue weighted by molar-refractivity contribution is 0.136. The van der Waals surface area contributed by atoms with E-state index in [0.29, 0.717) is 42.0 Å². The molecular formula is C20H26N10. The molecule has 2 aliphatic rings. The highest BCUT2D eigenvalue weighted by molar-refractivity contribution is 5.90. The largest absolute Gasteiger partial charge is 0.366 e. The van der Waals surface area contributed by atoms with Gasteiger partial charge in [0, 0.05) is 42.9 Å². The number of hydrogen-bond donors (Lipinski definition) is 4. The number of rotatable bonds is 6. The van der Waals surface area contributed by atoms with E-state index < -0.39 is 0 Å². The van der Waals surface area contributed by atoms with E-state index in [0.717, 1.165) is 42.0 Å². The number of H-pyrrole nitrogens is 2. The summed E-state index contributed by atoms with van der Waals surface area (Å²) in [6, 6.07) is 5.63. The molecule has 156 valence electrons. The monoisotopic (exact) mass is 406 g/mol. The first-order valence-corrected chi connectivity index (χ1v) is 10.5. The minimum Gasteiger partial charge on any atom is -0.366 e. The van der Waals surface area contributed by atoms with Gasteiger partial charge in [0.2, 0.25) is 5.95 Å². The van der Waals surface area contributed by atoms with Crippen molar-refractivity contribution < 1.29 is 0 Å². The van der Waals surface area contributed by atoms with Crippen LogP contribution in [0.4, 0.5) is 17.6 Å². The number of nitrogens with one attached hydrogen (secondary N) is 4. The molecule has 10 heteroatoms. The zero-order valence-electron chi connectivity index (χ0n) is 17.2. The van der Waals surface area contributed by atoms with Gasteiger partial charge in [-0.2, -0.15) is 25.4 Å². The van der Waals surface area contributed by atoms with Gasteiger partial charge in [-0.3, -0.25) is 15.1 Å². The number of aromatic amines is 2. The van der Waals surface area contributed by atoms with Gasteiger partial charge in [0.25, 0.3) is 0 Å². The third-order valence-corrected chi connectivity index (χ3v) is 6.25. The second-order valence-electron chi connectivity index (χ2n) is 8.33. The number of hydrogen-bond acceptors (Lipinski definition) is 8. The molecule has 2 bridgehead atoms.